The molecule has 1 unspecified atom stereocenters. The van der Waals surface area contributed by atoms with E-state index >= 15 is 0 Å². The van der Waals surface area contributed by atoms with Gasteiger partial charge in [0.2, 0.25) is 0 Å². The highest BCUT2D eigenvalue weighted by atomic mass is 15.0. The molecule has 0 saturated carbocycles. The Kier molecular flexibility index (Phi) is 6.01. The van der Waals surface area contributed by atoms with E-state index in [2.05, 4.69) is 187 Å². The fourth-order valence-electron chi connectivity index (χ4n) is 8.19. The van der Waals surface area contributed by atoms with Crippen LogP contribution in [0.1, 0.15) is 22.6 Å². The van der Waals surface area contributed by atoms with Crippen molar-refractivity contribution in [3.8, 4) is 39.1 Å². The first kappa shape index (κ1) is 27.0. The van der Waals surface area contributed by atoms with Gasteiger partial charge in [-0.05, 0) is 91.2 Å². The second kappa shape index (κ2) is 10.7. The molecular formula is C47H31N. The molecule has 0 aliphatic heterocycles. The van der Waals surface area contributed by atoms with Crippen LogP contribution in [0, 0.1) is 0 Å². The van der Waals surface area contributed by atoms with Gasteiger partial charge < -0.3 is 4.57 Å². The highest BCUT2D eigenvalue weighted by Gasteiger charge is 2.34. The SMILES string of the molecule is c1ccc(-c2cc(-c3ccccc3)cc(-n3c4ccccc4c4c5c(ccc43)C(c3ccccc3)c3c-5ccc4ccccc34)c2)cc1. The van der Waals surface area contributed by atoms with Crippen molar-refractivity contribution in [3.05, 3.63) is 199 Å². The molecule has 8 aromatic carbocycles. The first-order valence-electron chi connectivity index (χ1n) is 16.7. The van der Waals surface area contributed by atoms with Crippen LogP contribution in [0.4, 0.5) is 0 Å². The van der Waals surface area contributed by atoms with Gasteiger partial charge >= 0.3 is 0 Å². The molecule has 48 heavy (non-hydrogen) atoms. The maximum Gasteiger partial charge on any atom is 0.0547 e. The normalized spacial score (nSPS) is 13.6. The van der Waals surface area contributed by atoms with Gasteiger partial charge in [0, 0.05) is 22.4 Å². The second-order valence-corrected chi connectivity index (χ2v) is 12.9. The van der Waals surface area contributed by atoms with Crippen LogP contribution in [0.5, 0.6) is 0 Å². The van der Waals surface area contributed by atoms with Crippen LogP contribution in [0.2, 0.25) is 0 Å². The minimum Gasteiger partial charge on any atom is -0.309 e. The summed E-state index contributed by atoms with van der Waals surface area (Å²) in [6, 6.07) is 66.8. The van der Waals surface area contributed by atoms with Crippen LogP contribution >= 0.6 is 0 Å². The van der Waals surface area contributed by atoms with Crippen molar-refractivity contribution in [3.63, 3.8) is 0 Å². The number of hydrogen-bond donors (Lipinski definition) is 0. The predicted octanol–water partition coefficient (Wildman–Crippen LogP) is 12.4. The number of nitrogens with zero attached hydrogens (tertiary/aromatic N) is 1. The average Bonchev–Trinajstić information content (AvgIpc) is 3.69. The molecule has 0 spiro atoms. The van der Waals surface area contributed by atoms with Gasteiger partial charge in [0.25, 0.3) is 0 Å². The Labute approximate surface area is 280 Å². The molecule has 0 amide bonds. The van der Waals surface area contributed by atoms with Crippen molar-refractivity contribution in [1.82, 2.24) is 4.57 Å². The molecule has 0 bridgehead atoms. The summed E-state index contributed by atoms with van der Waals surface area (Å²) in [4.78, 5) is 0. The third-order valence-corrected chi connectivity index (χ3v) is 10.2. The van der Waals surface area contributed by atoms with Gasteiger partial charge in [-0.3, -0.25) is 0 Å². The summed E-state index contributed by atoms with van der Waals surface area (Å²) in [6.07, 6.45) is 0. The molecule has 1 heteroatoms. The van der Waals surface area contributed by atoms with Crippen molar-refractivity contribution in [2.24, 2.45) is 0 Å². The standard InChI is InChI=1S/C47H31N/c1-4-14-31(15-5-1)35-28-36(32-16-6-2-7-17-32)30-37(29-35)48-42-23-13-12-22-39(42)47-43(48)27-26-40-44(34-19-8-3-9-20-34)45-38-21-11-10-18-33(38)24-25-41(45)46(40)47/h1-30,44H. The molecule has 1 aliphatic rings. The van der Waals surface area contributed by atoms with E-state index in [0.717, 1.165) is 5.69 Å². The Hall–Kier alpha value is -6.18. The van der Waals surface area contributed by atoms with E-state index < -0.39 is 0 Å². The number of para-hydroxylation sites is 1. The maximum atomic E-state index is 2.49. The summed E-state index contributed by atoms with van der Waals surface area (Å²) in [5.74, 6) is 0.167. The van der Waals surface area contributed by atoms with E-state index in [1.165, 1.54) is 82.6 Å². The van der Waals surface area contributed by atoms with Gasteiger partial charge in [0.15, 0.2) is 0 Å². The smallest absolute Gasteiger partial charge is 0.0547 e. The number of aromatic nitrogens is 1. The summed E-state index contributed by atoms with van der Waals surface area (Å²) in [6.45, 7) is 0. The van der Waals surface area contributed by atoms with Gasteiger partial charge in [-0.2, -0.15) is 0 Å². The number of hydrogen-bond acceptors (Lipinski definition) is 0. The third kappa shape index (κ3) is 4.04. The van der Waals surface area contributed by atoms with Gasteiger partial charge in [-0.1, -0.05) is 152 Å². The molecule has 1 aliphatic carbocycles. The Morgan fingerprint density at radius 2 is 1.02 bits per heavy atom. The molecule has 1 nitrogen and oxygen atoms in total. The third-order valence-electron chi connectivity index (χ3n) is 10.2. The summed E-state index contributed by atoms with van der Waals surface area (Å²) < 4.78 is 2.49. The molecule has 0 N–H and O–H groups in total. The largest absolute Gasteiger partial charge is 0.309 e. The fraction of sp³-hybridized carbons (Fsp3) is 0.0213. The lowest BCUT2D eigenvalue weighted by Crippen LogP contribution is -2.00. The first-order valence-corrected chi connectivity index (χ1v) is 16.7. The first-order chi connectivity index (χ1) is 23.8. The minimum absolute atomic E-state index is 0.167. The molecule has 1 atom stereocenters. The predicted molar refractivity (Wildman–Crippen MR) is 202 cm³/mol. The molecule has 9 aromatic rings. The van der Waals surface area contributed by atoms with Crippen LogP contribution < -0.4 is 0 Å². The zero-order chi connectivity index (χ0) is 31.6. The van der Waals surface area contributed by atoms with Crippen LogP contribution in [0.25, 0.3) is 71.6 Å². The zero-order valence-electron chi connectivity index (χ0n) is 26.3. The Bertz CT molecular complexity index is 2590. The Morgan fingerprint density at radius 3 is 1.73 bits per heavy atom. The lowest BCUT2D eigenvalue weighted by Gasteiger charge is -2.17. The zero-order valence-corrected chi connectivity index (χ0v) is 26.3. The Morgan fingerprint density at radius 1 is 0.417 bits per heavy atom. The van der Waals surface area contributed by atoms with Crippen LogP contribution in [0.3, 0.4) is 0 Å². The van der Waals surface area contributed by atoms with E-state index in [9.17, 15) is 0 Å². The van der Waals surface area contributed by atoms with Gasteiger partial charge in [0.1, 0.15) is 0 Å². The van der Waals surface area contributed by atoms with Crippen molar-refractivity contribution < 1.29 is 0 Å². The van der Waals surface area contributed by atoms with Gasteiger partial charge in [-0.15, -0.1) is 0 Å². The highest BCUT2D eigenvalue weighted by molar-refractivity contribution is 6.19. The Balaban J connectivity index is 1.31. The van der Waals surface area contributed by atoms with E-state index in [0.29, 0.717) is 0 Å². The molecule has 1 aromatic heterocycles. The minimum atomic E-state index is 0.167. The van der Waals surface area contributed by atoms with Crippen molar-refractivity contribution >= 4 is 32.6 Å². The molecule has 224 valence electrons. The van der Waals surface area contributed by atoms with Crippen molar-refractivity contribution in [1.29, 1.82) is 0 Å². The second-order valence-electron chi connectivity index (χ2n) is 12.9. The molecule has 10 rings (SSSR count). The highest BCUT2D eigenvalue weighted by Crippen LogP contribution is 2.54. The quantitative estimate of drug-likeness (QED) is 0.187. The number of fused-ring (bicyclic) bond motifs is 9. The molecule has 0 saturated heterocycles. The van der Waals surface area contributed by atoms with E-state index in [-0.39, 0.29) is 5.92 Å². The summed E-state index contributed by atoms with van der Waals surface area (Å²) >= 11 is 0. The molecule has 0 radical (unpaired) electrons. The van der Waals surface area contributed by atoms with Crippen LogP contribution in [-0.2, 0) is 0 Å². The number of rotatable bonds is 4. The molecule has 0 fully saturated rings. The van der Waals surface area contributed by atoms with E-state index in [4.69, 9.17) is 0 Å². The van der Waals surface area contributed by atoms with Crippen molar-refractivity contribution in [2.75, 3.05) is 0 Å². The summed E-state index contributed by atoms with van der Waals surface area (Å²) in [5.41, 5.74) is 15.3. The maximum absolute atomic E-state index is 2.49. The topological polar surface area (TPSA) is 4.93 Å². The van der Waals surface area contributed by atoms with Crippen LogP contribution in [0.15, 0.2) is 182 Å². The average molecular weight is 610 g/mol. The van der Waals surface area contributed by atoms with Crippen LogP contribution in [-0.4, -0.2) is 4.57 Å². The van der Waals surface area contributed by atoms with Gasteiger partial charge in [-0.25, -0.2) is 0 Å². The lowest BCUT2D eigenvalue weighted by atomic mass is 9.86. The summed E-state index contributed by atoms with van der Waals surface area (Å²) in [5, 5.41) is 5.22. The fourth-order valence-corrected chi connectivity index (χ4v) is 8.19. The van der Waals surface area contributed by atoms with E-state index in [1.54, 1.807) is 0 Å². The van der Waals surface area contributed by atoms with E-state index in [1.807, 2.05) is 0 Å². The van der Waals surface area contributed by atoms with Gasteiger partial charge in [0.05, 0.1) is 11.0 Å². The lowest BCUT2D eigenvalue weighted by molar-refractivity contribution is 1.03. The molecular weight excluding hydrogens is 579 g/mol. The van der Waals surface area contributed by atoms with Crippen molar-refractivity contribution in [2.45, 2.75) is 5.92 Å². The molecule has 1 heterocycles. The summed E-state index contributed by atoms with van der Waals surface area (Å²) in [7, 11) is 0. The number of benzene rings is 8. The monoisotopic (exact) mass is 609 g/mol.